The molecule has 0 bridgehead atoms. The van der Waals surface area contributed by atoms with E-state index in [1.54, 1.807) is 42.6 Å². The van der Waals surface area contributed by atoms with Crippen LogP contribution in [0.2, 0.25) is 0 Å². The molecule has 0 saturated carbocycles. The number of nitrogens with zero attached hydrogens (tertiary/aromatic N) is 3. The van der Waals surface area contributed by atoms with Crippen LogP contribution in [0.1, 0.15) is 11.5 Å². The van der Waals surface area contributed by atoms with Crippen LogP contribution in [-0.2, 0) is 6.42 Å². The molecule has 0 aliphatic rings. The van der Waals surface area contributed by atoms with Gasteiger partial charge in [0.15, 0.2) is 0 Å². The van der Waals surface area contributed by atoms with Gasteiger partial charge in [0.1, 0.15) is 11.6 Å². The smallest absolute Gasteiger partial charge is 0.231 e. The molecule has 20 heavy (non-hydrogen) atoms. The van der Waals surface area contributed by atoms with Crippen molar-refractivity contribution in [1.82, 2.24) is 15.1 Å². The maximum Gasteiger partial charge on any atom is 0.231 e. The molecule has 0 unspecified atom stereocenters. The van der Waals surface area contributed by atoms with Crippen molar-refractivity contribution in [3.63, 3.8) is 0 Å². The molecule has 100 valence electrons. The van der Waals surface area contributed by atoms with Crippen molar-refractivity contribution >= 4 is 5.82 Å². The largest absolute Gasteiger partial charge is 0.508 e. The molecular weight excluding hydrogens is 256 g/mol. The summed E-state index contributed by atoms with van der Waals surface area (Å²) in [5, 5.41) is 13.1. The Hall–Kier alpha value is -2.89. The lowest BCUT2D eigenvalue weighted by molar-refractivity contribution is 0.385. The van der Waals surface area contributed by atoms with Crippen LogP contribution in [0.5, 0.6) is 5.75 Å². The molecule has 0 fully saturated rings. The van der Waals surface area contributed by atoms with Crippen molar-refractivity contribution in [3.8, 4) is 17.1 Å². The van der Waals surface area contributed by atoms with Gasteiger partial charge in [0.25, 0.3) is 0 Å². The normalized spacial score (nSPS) is 10.6. The van der Waals surface area contributed by atoms with Crippen LogP contribution >= 0.6 is 0 Å². The predicted molar refractivity (Wildman–Crippen MR) is 72.9 cm³/mol. The fraction of sp³-hybridized carbons (Fsp3) is 0.0714. The van der Waals surface area contributed by atoms with Gasteiger partial charge in [0, 0.05) is 6.20 Å². The minimum atomic E-state index is 0.225. The highest BCUT2D eigenvalue weighted by Crippen LogP contribution is 2.21. The maximum atomic E-state index is 9.23. The first-order chi connectivity index (χ1) is 9.72. The Kier molecular flexibility index (Phi) is 3.04. The Morgan fingerprint density at radius 2 is 1.95 bits per heavy atom. The van der Waals surface area contributed by atoms with E-state index >= 15 is 0 Å². The third-order valence-electron chi connectivity index (χ3n) is 2.84. The topological polar surface area (TPSA) is 98.1 Å². The number of pyridine rings is 1. The zero-order valence-electron chi connectivity index (χ0n) is 10.5. The van der Waals surface area contributed by atoms with Crippen molar-refractivity contribution in [2.45, 2.75) is 6.42 Å². The number of rotatable bonds is 3. The average molecular weight is 268 g/mol. The Labute approximate surface area is 114 Å². The van der Waals surface area contributed by atoms with Crippen LogP contribution in [0.25, 0.3) is 11.4 Å². The Balaban J connectivity index is 1.84. The minimum absolute atomic E-state index is 0.225. The molecule has 0 atom stereocenters. The van der Waals surface area contributed by atoms with Crippen LogP contribution in [-0.4, -0.2) is 20.2 Å². The number of benzene rings is 1. The summed E-state index contributed by atoms with van der Waals surface area (Å²) in [4.78, 5) is 8.29. The first kappa shape index (κ1) is 12.2. The number of nitrogens with two attached hydrogens (primary N) is 1. The van der Waals surface area contributed by atoms with E-state index in [0.717, 1.165) is 5.56 Å². The summed E-state index contributed by atoms with van der Waals surface area (Å²) < 4.78 is 5.20. The number of anilines is 1. The van der Waals surface area contributed by atoms with Crippen molar-refractivity contribution in [3.05, 3.63) is 54.0 Å². The molecule has 0 aliphatic heterocycles. The number of phenols is 1. The molecule has 0 radical (unpaired) electrons. The first-order valence-corrected chi connectivity index (χ1v) is 6.04. The van der Waals surface area contributed by atoms with E-state index in [2.05, 4.69) is 15.1 Å². The molecule has 0 aliphatic carbocycles. The third kappa shape index (κ3) is 2.44. The molecule has 3 N–H and O–H groups in total. The van der Waals surface area contributed by atoms with E-state index in [1.165, 1.54) is 0 Å². The molecule has 3 rings (SSSR count). The Morgan fingerprint density at radius 3 is 2.70 bits per heavy atom. The molecule has 0 saturated heterocycles. The quantitative estimate of drug-likeness (QED) is 0.754. The van der Waals surface area contributed by atoms with Gasteiger partial charge in [-0.25, -0.2) is 4.98 Å². The third-order valence-corrected chi connectivity index (χ3v) is 2.84. The standard InChI is InChI=1S/C14H12N4O2/c15-13-11(2-1-7-16-13)14-17-12(20-18-14)8-9-3-5-10(19)6-4-9/h1-7,19H,8H2,(H2,15,16). The van der Waals surface area contributed by atoms with Crippen LogP contribution in [0.3, 0.4) is 0 Å². The van der Waals surface area contributed by atoms with E-state index in [1.807, 2.05) is 0 Å². The summed E-state index contributed by atoms with van der Waals surface area (Å²) in [5.74, 6) is 1.49. The SMILES string of the molecule is Nc1ncccc1-c1noc(Cc2ccc(O)cc2)n1. The second-order valence-electron chi connectivity index (χ2n) is 4.29. The lowest BCUT2D eigenvalue weighted by Gasteiger charge is -1.97. The maximum absolute atomic E-state index is 9.23. The highest BCUT2D eigenvalue weighted by Gasteiger charge is 2.12. The van der Waals surface area contributed by atoms with E-state index < -0.39 is 0 Å². The van der Waals surface area contributed by atoms with E-state index in [-0.39, 0.29) is 5.75 Å². The minimum Gasteiger partial charge on any atom is -0.508 e. The zero-order chi connectivity index (χ0) is 13.9. The summed E-state index contributed by atoms with van der Waals surface area (Å²) in [6.07, 6.45) is 2.10. The number of hydrogen-bond donors (Lipinski definition) is 2. The van der Waals surface area contributed by atoms with Gasteiger partial charge in [-0.1, -0.05) is 17.3 Å². The van der Waals surface area contributed by atoms with E-state index in [0.29, 0.717) is 29.5 Å². The molecule has 1 aromatic carbocycles. The summed E-state index contributed by atoms with van der Waals surface area (Å²) >= 11 is 0. The van der Waals surface area contributed by atoms with Gasteiger partial charge in [0.2, 0.25) is 11.7 Å². The van der Waals surface area contributed by atoms with Crippen LogP contribution in [0.15, 0.2) is 47.1 Å². The number of nitrogen functional groups attached to an aromatic ring is 1. The highest BCUT2D eigenvalue weighted by molar-refractivity contribution is 5.67. The van der Waals surface area contributed by atoms with Gasteiger partial charge in [-0.3, -0.25) is 0 Å². The summed E-state index contributed by atoms with van der Waals surface area (Å²) in [5.41, 5.74) is 7.39. The Morgan fingerprint density at radius 1 is 1.15 bits per heavy atom. The number of aromatic hydroxyl groups is 1. The summed E-state index contributed by atoms with van der Waals surface area (Å²) in [7, 11) is 0. The van der Waals surface area contributed by atoms with Crippen LogP contribution < -0.4 is 5.73 Å². The van der Waals surface area contributed by atoms with Gasteiger partial charge in [0.05, 0.1) is 12.0 Å². The lowest BCUT2D eigenvalue weighted by Crippen LogP contribution is -1.94. The van der Waals surface area contributed by atoms with Crippen molar-refractivity contribution in [1.29, 1.82) is 0 Å². The fourth-order valence-corrected chi connectivity index (χ4v) is 1.83. The second-order valence-corrected chi connectivity index (χ2v) is 4.29. The predicted octanol–water partition coefficient (Wildman–Crippen LogP) is 2.01. The molecule has 3 aromatic rings. The molecule has 2 aromatic heterocycles. The molecule has 6 nitrogen and oxygen atoms in total. The van der Waals surface area contributed by atoms with Crippen molar-refractivity contribution < 1.29 is 9.63 Å². The monoisotopic (exact) mass is 268 g/mol. The molecule has 6 heteroatoms. The average Bonchev–Trinajstić information content (AvgIpc) is 2.90. The van der Waals surface area contributed by atoms with Crippen molar-refractivity contribution in [2.75, 3.05) is 5.73 Å². The number of phenolic OH excluding ortho intramolecular Hbond substituents is 1. The fourth-order valence-electron chi connectivity index (χ4n) is 1.83. The zero-order valence-corrected chi connectivity index (χ0v) is 10.5. The van der Waals surface area contributed by atoms with Gasteiger partial charge < -0.3 is 15.4 Å². The Bertz CT molecular complexity index is 722. The first-order valence-electron chi connectivity index (χ1n) is 6.04. The molecule has 0 amide bonds. The summed E-state index contributed by atoms with van der Waals surface area (Å²) in [6, 6.07) is 10.4. The second kappa shape index (κ2) is 5.00. The van der Waals surface area contributed by atoms with E-state index in [4.69, 9.17) is 10.3 Å². The molecule has 0 spiro atoms. The van der Waals surface area contributed by atoms with Gasteiger partial charge in [-0.15, -0.1) is 0 Å². The van der Waals surface area contributed by atoms with Crippen LogP contribution in [0, 0.1) is 0 Å². The van der Waals surface area contributed by atoms with Gasteiger partial charge in [-0.05, 0) is 29.8 Å². The summed E-state index contributed by atoms with van der Waals surface area (Å²) in [6.45, 7) is 0. The van der Waals surface area contributed by atoms with Gasteiger partial charge in [-0.2, -0.15) is 4.98 Å². The van der Waals surface area contributed by atoms with Crippen molar-refractivity contribution in [2.24, 2.45) is 0 Å². The number of aromatic nitrogens is 3. The molecule has 2 heterocycles. The lowest BCUT2D eigenvalue weighted by atomic mass is 10.1. The van der Waals surface area contributed by atoms with Crippen LogP contribution in [0.4, 0.5) is 5.82 Å². The highest BCUT2D eigenvalue weighted by atomic mass is 16.5. The number of hydrogen-bond acceptors (Lipinski definition) is 6. The van der Waals surface area contributed by atoms with E-state index in [9.17, 15) is 5.11 Å². The van der Waals surface area contributed by atoms with Gasteiger partial charge >= 0.3 is 0 Å². The molecular formula is C14H12N4O2.